The zero-order chi connectivity index (χ0) is 23.8. The highest BCUT2D eigenvalue weighted by Gasteiger charge is 2.22. The van der Waals surface area contributed by atoms with E-state index < -0.39 is 27.4 Å². The summed E-state index contributed by atoms with van der Waals surface area (Å²) in [7, 11) is -3.78. The van der Waals surface area contributed by atoms with E-state index in [0.717, 1.165) is 13.1 Å². The Morgan fingerprint density at radius 1 is 1.27 bits per heavy atom. The summed E-state index contributed by atoms with van der Waals surface area (Å²) in [6, 6.07) is 8.73. The highest BCUT2D eigenvalue weighted by atomic mass is 32.2. The standard InChI is InChI=1S/C21H17FN4O6S/c1-3-33(29,30)17-10-23-19(12-7-8-15-14(9-12)25-21(28)32-15)26-20(17)24-13-5-4-6-16(18(13)22)31-11(2)27/h4-10H,3H2,1-2H3,(H,25,28)(H,23,24,26). The van der Waals surface area contributed by atoms with Gasteiger partial charge in [-0.25, -0.2) is 27.6 Å². The van der Waals surface area contributed by atoms with E-state index in [0.29, 0.717) is 16.7 Å². The molecule has 0 aliphatic heterocycles. The van der Waals surface area contributed by atoms with Crippen LogP contribution >= 0.6 is 0 Å². The van der Waals surface area contributed by atoms with Crippen LogP contribution in [0.25, 0.3) is 22.5 Å². The Kier molecular flexibility index (Phi) is 5.68. The Morgan fingerprint density at radius 3 is 2.79 bits per heavy atom. The van der Waals surface area contributed by atoms with E-state index in [9.17, 15) is 22.4 Å². The number of anilines is 2. The van der Waals surface area contributed by atoms with Gasteiger partial charge in [-0.2, -0.15) is 0 Å². The largest absolute Gasteiger partial charge is 0.423 e. The summed E-state index contributed by atoms with van der Waals surface area (Å²) < 4.78 is 49.9. The van der Waals surface area contributed by atoms with Gasteiger partial charge in [-0.15, -0.1) is 0 Å². The number of aromatic amines is 1. The molecule has 170 valence electrons. The molecular formula is C21H17FN4O6S. The van der Waals surface area contributed by atoms with Gasteiger partial charge in [0.25, 0.3) is 0 Å². The van der Waals surface area contributed by atoms with E-state index in [4.69, 9.17) is 9.15 Å². The van der Waals surface area contributed by atoms with Crippen LogP contribution in [0.4, 0.5) is 15.9 Å². The van der Waals surface area contributed by atoms with Crippen molar-refractivity contribution in [3.63, 3.8) is 0 Å². The topological polar surface area (TPSA) is 144 Å². The van der Waals surface area contributed by atoms with Crippen LogP contribution in [0.5, 0.6) is 5.75 Å². The van der Waals surface area contributed by atoms with Gasteiger partial charge in [0.2, 0.25) is 0 Å². The number of hydrogen-bond donors (Lipinski definition) is 2. The van der Waals surface area contributed by atoms with Crippen molar-refractivity contribution in [2.75, 3.05) is 11.1 Å². The average Bonchev–Trinajstić information content (AvgIpc) is 3.15. The molecule has 0 spiro atoms. The molecule has 4 aromatic rings. The van der Waals surface area contributed by atoms with Crippen molar-refractivity contribution in [2.24, 2.45) is 0 Å². The molecule has 2 heterocycles. The van der Waals surface area contributed by atoms with E-state index in [-0.39, 0.29) is 33.7 Å². The maximum Gasteiger partial charge on any atom is 0.417 e. The molecule has 4 rings (SSSR count). The highest BCUT2D eigenvalue weighted by Crippen LogP contribution is 2.31. The Balaban J connectivity index is 1.83. The SMILES string of the molecule is CCS(=O)(=O)c1cnc(-c2ccc3oc(=O)[nH]c3c2)nc1Nc1cccc(OC(C)=O)c1F. The van der Waals surface area contributed by atoms with Crippen molar-refractivity contribution in [2.45, 2.75) is 18.7 Å². The molecule has 0 atom stereocenters. The number of carbonyl (C=O) groups excluding carboxylic acids is 1. The van der Waals surface area contributed by atoms with E-state index in [1.807, 2.05) is 0 Å². The predicted molar refractivity (Wildman–Crippen MR) is 117 cm³/mol. The third-order valence-corrected chi connectivity index (χ3v) is 6.35. The number of fused-ring (bicyclic) bond motifs is 1. The first-order valence-electron chi connectivity index (χ1n) is 9.65. The van der Waals surface area contributed by atoms with Crippen molar-refractivity contribution in [1.82, 2.24) is 15.0 Å². The molecule has 0 bridgehead atoms. The Morgan fingerprint density at radius 2 is 2.06 bits per heavy atom. The number of carbonyl (C=O) groups is 1. The van der Waals surface area contributed by atoms with Gasteiger partial charge in [0.05, 0.1) is 23.2 Å². The summed E-state index contributed by atoms with van der Waals surface area (Å²) in [5.74, 6) is -2.84. The van der Waals surface area contributed by atoms with Crippen molar-refractivity contribution in [3.05, 3.63) is 59.0 Å². The number of sulfone groups is 1. The summed E-state index contributed by atoms with van der Waals surface area (Å²) in [6.45, 7) is 2.59. The minimum atomic E-state index is -3.78. The number of ether oxygens (including phenoxy) is 1. The van der Waals surface area contributed by atoms with Crippen LogP contribution in [-0.2, 0) is 14.6 Å². The summed E-state index contributed by atoms with van der Waals surface area (Å²) in [5.41, 5.74) is 1.04. The molecule has 0 aliphatic carbocycles. The number of nitrogens with zero attached hydrogens (tertiary/aromatic N) is 2. The fourth-order valence-electron chi connectivity index (χ4n) is 3.04. The number of halogens is 1. The van der Waals surface area contributed by atoms with Crippen LogP contribution in [0.2, 0.25) is 0 Å². The number of benzene rings is 2. The minimum Gasteiger partial charge on any atom is -0.423 e. The van der Waals surface area contributed by atoms with Crippen molar-refractivity contribution < 1.29 is 26.8 Å². The second-order valence-corrected chi connectivity index (χ2v) is 9.12. The number of oxazole rings is 1. The van der Waals surface area contributed by atoms with Crippen LogP contribution < -0.4 is 15.8 Å². The van der Waals surface area contributed by atoms with Crippen LogP contribution in [0.1, 0.15) is 13.8 Å². The number of hydrogen-bond acceptors (Lipinski definition) is 9. The monoisotopic (exact) mass is 472 g/mol. The lowest BCUT2D eigenvalue weighted by molar-refractivity contribution is -0.132. The smallest absolute Gasteiger partial charge is 0.417 e. The lowest BCUT2D eigenvalue weighted by atomic mass is 10.2. The molecule has 10 nitrogen and oxygen atoms in total. The molecule has 2 aromatic heterocycles. The first kappa shape index (κ1) is 22.1. The quantitative estimate of drug-likeness (QED) is 0.319. The molecule has 33 heavy (non-hydrogen) atoms. The summed E-state index contributed by atoms with van der Waals surface area (Å²) in [5, 5.41) is 2.67. The number of esters is 1. The van der Waals surface area contributed by atoms with E-state index in [2.05, 4.69) is 20.3 Å². The highest BCUT2D eigenvalue weighted by molar-refractivity contribution is 7.91. The Hall–Kier alpha value is -4.06. The normalized spacial score (nSPS) is 11.5. The lowest BCUT2D eigenvalue weighted by Crippen LogP contribution is -2.11. The molecule has 0 radical (unpaired) electrons. The fourth-order valence-corrected chi connectivity index (χ4v) is 3.96. The van der Waals surface area contributed by atoms with Crippen LogP contribution in [-0.4, -0.2) is 35.1 Å². The van der Waals surface area contributed by atoms with Crippen molar-refractivity contribution in [3.8, 4) is 17.1 Å². The van der Waals surface area contributed by atoms with Gasteiger partial charge in [-0.3, -0.25) is 9.78 Å². The molecule has 2 N–H and O–H groups in total. The van der Waals surface area contributed by atoms with Gasteiger partial charge in [-0.05, 0) is 30.3 Å². The minimum absolute atomic E-state index is 0.119. The maximum absolute atomic E-state index is 14.9. The van der Waals surface area contributed by atoms with Crippen molar-refractivity contribution in [1.29, 1.82) is 0 Å². The van der Waals surface area contributed by atoms with Gasteiger partial charge >= 0.3 is 11.7 Å². The third-order valence-electron chi connectivity index (χ3n) is 4.62. The lowest BCUT2D eigenvalue weighted by Gasteiger charge is -2.14. The zero-order valence-corrected chi connectivity index (χ0v) is 18.2. The summed E-state index contributed by atoms with van der Waals surface area (Å²) >= 11 is 0. The van der Waals surface area contributed by atoms with Crippen LogP contribution in [0.15, 0.2) is 56.7 Å². The molecule has 12 heteroatoms. The predicted octanol–water partition coefficient (Wildman–Crippen LogP) is 3.18. The van der Waals surface area contributed by atoms with Crippen LogP contribution in [0.3, 0.4) is 0 Å². The molecule has 2 aromatic carbocycles. The molecule has 0 saturated carbocycles. The van der Waals surface area contributed by atoms with Crippen LogP contribution in [0, 0.1) is 5.82 Å². The second-order valence-electron chi connectivity index (χ2n) is 6.87. The first-order chi connectivity index (χ1) is 15.7. The third kappa shape index (κ3) is 4.46. The molecule has 0 fully saturated rings. The van der Waals surface area contributed by atoms with E-state index >= 15 is 0 Å². The van der Waals surface area contributed by atoms with Gasteiger partial charge in [0.15, 0.2) is 38.6 Å². The maximum atomic E-state index is 14.9. The van der Waals surface area contributed by atoms with Gasteiger partial charge in [0.1, 0.15) is 4.90 Å². The number of rotatable bonds is 6. The molecule has 0 saturated heterocycles. The van der Waals surface area contributed by atoms with E-state index in [1.165, 1.54) is 31.2 Å². The number of nitrogens with one attached hydrogen (secondary N) is 2. The Labute approximate surface area is 186 Å². The second kappa shape index (κ2) is 8.47. The Bertz CT molecular complexity index is 1540. The summed E-state index contributed by atoms with van der Waals surface area (Å²) in [4.78, 5) is 33.4. The molecule has 0 aliphatic rings. The first-order valence-corrected chi connectivity index (χ1v) is 11.3. The average molecular weight is 472 g/mol. The van der Waals surface area contributed by atoms with Gasteiger partial charge < -0.3 is 14.5 Å². The molecule has 0 amide bonds. The molecule has 0 unspecified atom stereocenters. The number of H-pyrrole nitrogens is 1. The van der Waals surface area contributed by atoms with Gasteiger partial charge in [0, 0.05) is 12.5 Å². The van der Waals surface area contributed by atoms with Crippen molar-refractivity contribution >= 4 is 38.4 Å². The fraction of sp³-hybridized carbons (Fsp3) is 0.143. The van der Waals surface area contributed by atoms with E-state index in [1.54, 1.807) is 12.1 Å². The molecular weight excluding hydrogens is 455 g/mol. The van der Waals surface area contributed by atoms with Gasteiger partial charge in [-0.1, -0.05) is 13.0 Å². The number of aromatic nitrogens is 3. The zero-order valence-electron chi connectivity index (χ0n) is 17.4. The summed E-state index contributed by atoms with van der Waals surface area (Å²) in [6.07, 6.45) is 1.12.